The number of hydrogen-bond donors (Lipinski definition) is 0. The molecular formula is C25H25F6N3O2. The van der Waals surface area contributed by atoms with E-state index in [4.69, 9.17) is 10.00 Å². The fraction of sp³-hybridized carbons (Fsp3) is 0.440. The molecule has 2 aromatic rings. The molecular weight excluding hydrogens is 488 g/mol. The number of rotatable bonds is 4. The molecule has 1 atom stereocenters. The van der Waals surface area contributed by atoms with Gasteiger partial charge in [0, 0.05) is 31.4 Å². The average molecular weight is 513 g/mol. The van der Waals surface area contributed by atoms with E-state index in [9.17, 15) is 31.1 Å². The lowest BCUT2D eigenvalue weighted by Gasteiger charge is -2.33. The Morgan fingerprint density at radius 3 is 2.28 bits per heavy atom. The lowest BCUT2D eigenvalue weighted by Crippen LogP contribution is -2.40. The van der Waals surface area contributed by atoms with Gasteiger partial charge in [-0.3, -0.25) is 0 Å². The molecule has 0 spiro atoms. The number of anilines is 1. The van der Waals surface area contributed by atoms with Gasteiger partial charge in [-0.2, -0.15) is 31.6 Å². The Morgan fingerprint density at radius 2 is 1.69 bits per heavy atom. The number of benzene rings is 2. The van der Waals surface area contributed by atoms with Crippen LogP contribution >= 0.6 is 0 Å². The molecule has 0 N–H and O–H groups in total. The monoisotopic (exact) mass is 513 g/mol. The zero-order chi connectivity index (χ0) is 26.9. The second-order valence-electron chi connectivity index (χ2n) is 9.49. The number of likely N-dealkylation sites (tertiary alicyclic amines) is 1. The Bertz CT molecular complexity index is 1150. The standard InChI is InChI=1S/C25H25F6N3O2/c1-23(2,3)36-22(35)33-11-10-19(15-33)34(14-17-6-4-5-7-20(17)24(26,27)28)18-9-8-16(13-32)21(12-18)25(29,30)31/h4-9,12,19H,10-11,14-15H2,1-3H3/t19-/m0/s1. The number of carbonyl (C=O) groups excluding carboxylic acids is 1. The minimum atomic E-state index is -4.84. The molecule has 1 aliphatic heterocycles. The highest BCUT2D eigenvalue weighted by Crippen LogP contribution is 2.38. The van der Waals surface area contributed by atoms with E-state index in [1.807, 2.05) is 0 Å². The Kier molecular flexibility index (Phi) is 7.48. The van der Waals surface area contributed by atoms with Crippen molar-refractivity contribution < 1.29 is 35.9 Å². The fourth-order valence-electron chi connectivity index (χ4n) is 4.08. The number of hydrogen-bond acceptors (Lipinski definition) is 4. The van der Waals surface area contributed by atoms with Gasteiger partial charge in [0.05, 0.1) is 22.8 Å². The van der Waals surface area contributed by atoms with Crippen LogP contribution in [0.3, 0.4) is 0 Å². The number of alkyl halides is 6. The third-order valence-corrected chi connectivity index (χ3v) is 5.68. The maximum atomic E-state index is 13.7. The summed E-state index contributed by atoms with van der Waals surface area (Å²) in [7, 11) is 0. The highest BCUT2D eigenvalue weighted by atomic mass is 19.4. The van der Waals surface area contributed by atoms with Crippen LogP contribution in [0.2, 0.25) is 0 Å². The van der Waals surface area contributed by atoms with Crippen molar-refractivity contribution in [1.82, 2.24) is 4.90 Å². The van der Waals surface area contributed by atoms with Gasteiger partial charge in [-0.05, 0) is 57.0 Å². The molecule has 1 amide bonds. The Morgan fingerprint density at radius 1 is 1.06 bits per heavy atom. The van der Waals surface area contributed by atoms with Crippen molar-refractivity contribution in [2.24, 2.45) is 0 Å². The number of nitriles is 1. The Balaban J connectivity index is 2.03. The lowest BCUT2D eigenvalue weighted by molar-refractivity contribution is -0.138. The predicted molar refractivity (Wildman–Crippen MR) is 120 cm³/mol. The lowest BCUT2D eigenvalue weighted by atomic mass is 10.0. The third kappa shape index (κ3) is 6.42. The maximum Gasteiger partial charge on any atom is 0.417 e. The van der Waals surface area contributed by atoms with Crippen molar-refractivity contribution >= 4 is 11.8 Å². The normalized spacial score (nSPS) is 16.6. The van der Waals surface area contributed by atoms with Crippen LogP contribution in [-0.4, -0.2) is 35.7 Å². The number of amides is 1. The van der Waals surface area contributed by atoms with Gasteiger partial charge >= 0.3 is 18.4 Å². The number of nitrogens with zero attached hydrogens (tertiary/aromatic N) is 3. The van der Waals surface area contributed by atoms with Crippen molar-refractivity contribution in [2.45, 2.75) is 57.7 Å². The van der Waals surface area contributed by atoms with Crippen LogP contribution in [0.25, 0.3) is 0 Å². The van der Waals surface area contributed by atoms with E-state index in [1.54, 1.807) is 20.8 Å². The largest absolute Gasteiger partial charge is 0.444 e. The van der Waals surface area contributed by atoms with Crippen molar-refractivity contribution in [3.05, 3.63) is 64.7 Å². The molecule has 0 unspecified atom stereocenters. The fourth-order valence-corrected chi connectivity index (χ4v) is 4.08. The minimum absolute atomic E-state index is 0.00524. The van der Waals surface area contributed by atoms with Crippen LogP contribution in [0.1, 0.15) is 49.4 Å². The van der Waals surface area contributed by atoms with E-state index in [1.165, 1.54) is 40.1 Å². The van der Waals surface area contributed by atoms with Gasteiger partial charge in [0.2, 0.25) is 0 Å². The summed E-state index contributed by atoms with van der Waals surface area (Å²) in [6.07, 6.45) is -9.82. The first-order valence-corrected chi connectivity index (χ1v) is 11.1. The summed E-state index contributed by atoms with van der Waals surface area (Å²) >= 11 is 0. The zero-order valence-electron chi connectivity index (χ0n) is 19.9. The first kappa shape index (κ1) is 27.2. The number of halogens is 6. The summed E-state index contributed by atoms with van der Waals surface area (Å²) in [5, 5.41) is 9.13. The summed E-state index contributed by atoms with van der Waals surface area (Å²) in [6.45, 7) is 4.98. The number of carbonyl (C=O) groups is 1. The van der Waals surface area contributed by atoms with E-state index in [-0.39, 0.29) is 30.9 Å². The molecule has 3 rings (SSSR count). The summed E-state index contributed by atoms with van der Waals surface area (Å²) in [5.41, 5.74) is -3.58. The van der Waals surface area contributed by atoms with Crippen molar-refractivity contribution in [2.75, 3.05) is 18.0 Å². The van der Waals surface area contributed by atoms with Gasteiger partial charge in [0.15, 0.2) is 0 Å². The SMILES string of the molecule is CC(C)(C)OC(=O)N1CC[C@H](N(Cc2ccccc2C(F)(F)F)c2ccc(C#N)c(C(F)(F)F)c2)C1. The smallest absolute Gasteiger partial charge is 0.417 e. The van der Waals surface area contributed by atoms with Crippen LogP contribution in [0.5, 0.6) is 0 Å². The summed E-state index contributed by atoms with van der Waals surface area (Å²) in [4.78, 5) is 15.3. The molecule has 0 bridgehead atoms. The van der Waals surface area contributed by atoms with Crippen LogP contribution in [0, 0.1) is 11.3 Å². The molecule has 1 heterocycles. The van der Waals surface area contributed by atoms with Gasteiger partial charge in [-0.25, -0.2) is 4.79 Å². The van der Waals surface area contributed by atoms with Crippen LogP contribution in [0.15, 0.2) is 42.5 Å². The van der Waals surface area contributed by atoms with Crippen molar-refractivity contribution in [1.29, 1.82) is 5.26 Å². The topological polar surface area (TPSA) is 56.6 Å². The third-order valence-electron chi connectivity index (χ3n) is 5.68. The van der Waals surface area contributed by atoms with E-state index in [0.717, 1.165) is 18.2 Å². The molecule has 11 heteroatoms. The van der Waals surface area contributed by atoms with E-state index in [0.29, 0.717) is 6.42 Å². The van der Waals surface area contributed by atoms with E-state index >= 15 is 0 Å². The van der Waals surface area contributed by atoms with Crippen LogP contribution < -0.4 is 4.90 Å². The Hall–Kier alpha value is -3.42. The molecule has 5 nitrogen and oxygen atoms in total. The summed E-state index contributed by atoms with van der Waals surface area (Å²) in [5.74, 6) is 0. The maximum absolute atomic E-state index is 13.7. The molecule has 194 valence electrons. The van der Waals surface area contributed by atoms with Crippen LogP contribution in [-0.2, 0) is 23.6 Å². The quantitative estimate of drug-likeness (QED) is 0.432. The van der Waals surface area contributed by atoms with Gasteiger partial charge in [-0.15, -0.1) is 0 Å². The summed E-state index contributed by atoms with van der Waals surface area (Å²) in [6, 6.07) is 8.80. The van der Waals surface area contributed by atoms with Gasteiger partial charge in [-0.1, -0.05) is 18.2 Å². The first-order valence-electron chi connectivity index (χ1n) is 11.1. The molecule has 36 heavy (non-hydrogen) atoms. The average Bonchev–Trinajstić information content (AvgIpc) is 3.25. The van der Waals surface area contributed by atoms with Gasteiger partial charge < -0.3 is 14.5 Å². The molecule has 0 saturated carbocycles. The molecule has 1 saturated heterocycles. The van der Waals surface area contributed by atoms with Crippen LogP contribution in [0.4, 0.5) is 36.8 Å². The minimum Gasteiger partial charge on any atom is -0.444 e. The second kappa shape index (κ2) is 9.91. The molecule has 0 radical (unpaired) electrons. The van der Waals surface area contributed by atoms with E-state index in [2.05, 4.69) is 0 Å². The number of ether oxygens (including phenoxy) is 1. The van der Waals surface area contributed by atoms with Crippen molar-refractivity contribution in [3.63, 3.8) is 0 Å². The molecule has 1 aliphatic rings. The molecule has 2 aromatic carbocycles. The van der Waals surface area contributed by atoms with Crippen molar-refractivity contribution in [3.8, 4) is 6.07 Å². The zero-order valence-corrected chi connectivity index (χ0v) is 19.9. The highest BCUT2D eigenvalue weighted by molar-refractivity contribution is 5.69. The molecule has 0 aromatic heterocycles. The second-order valence-corrected chi connectivity index (χ2v) is 9.49. The molecule has 0 aliphatic carbocycles. The predicted octanol–water partition coefficient (Wildman–Crippen LogP) is 6.61. The summed E-state index contributed by atoms with van der Waals surface area (Å²) < 4.78 is 87.2. The van der Waals surface area contributed by atoms with E-state index < -0.39 is 46.8 Å². The van der Waals surface area contributed by atoms with Gasteiger partial charge in [0.25, 0.3) is 0 Å². The van der Waals surface area contributed by atoms with Gasteiger partial charge in [0.1, 0.15) is 5.60 Å². The first-order chi connectivity index (χ1) is 16.6. The molecule has 1 fully saturated rings. The highest BCUT2D eigenvalue weighted by Gasteiger charge is 2.38. The Labute approximate surface area is 204 Å².